The molecule has 0 N–H and O–H groups in total. The van der Waals surface area contributed by atoms with Crippen LogP contribution in [0.15, 0.2) is 58.8 Å². The van der Waals surface area contributed by atoms with Crippen LogP contribution in [-0.4, -0.2) is 19.7 Å². The number of benzene rings is 2. The zero-order chi connectivity index (χ0) is 15.1. The predicted molar refractivity (Wildman–Crippen MR) is 79.6 cm³/mol. The fourth-order valence-electron chi connectivity index (χ4n) is 1.64. The summed E-state index contributed by atoms with van der Waals surface area (Å²) in [5, 5.41) is 8.23. The van der Waals surface area contributed by atoms with Crippen LogP contribution in [0, 0.1) is 0 Å². The Morgan fingerprint density at radius 3 is 1.95 bits per heavy atom. The Morgan fingerprint density at radius 1 is 0.952 bits per heavy atom. The van der Waals surface area contributed by atoms with Gasteiger partial charge in [-0.3, -0.25) is 0 Å². The molecular weight excluding hydrogens is 268 g/mol. The summed E-state index contributed by atoms with van der Waals surface area (Å²) in [5.41, 5.74) is 1.89. The molecule has 0 saturated heterocycles. The quantitative estimate of drug-likeness (QED) is 0.608. The molecule has 0 aliphatic rings. The van der Waals surface area contributed by atoms with E-state index in [1.165, 1.54) is 0 Å². The summed E-state index contributed by atoms with van der Waals surface area (Å²) >= 11 is 0. The number of esters is 1. The molecule has 0 heterocycles. The van der Waals surface area contributed by atoms with Gasteiger partial charge in [0.25, 0.3) is 0 Å². The fraction of sp³-hybridized carbons (Fsp3) is 0.188. The highest BCUT2D eigenvalue weighted by atomic mass is 16.5. The molecule has 0 aliphatic heterocycles. The van der Waals surface area contributed by atoms with Gasteiger partial charge in [-0.25, -0.2) is 4.79 Å². The van der Waals surface area contributed by atoms with Crippen molar-refractivity contribution in [3.8, 4) is 5.75 Å². The van der Waals surface area contributed by atoms with E-state index in [4.69, 9.17) is 9.47 Å². The van der Waals surface area contributed by atoms with Gasteiger partial charge in [0, 0.05) is 0 Å². The summed E-state index contributed by atoms with van der Waals surface area (Å²) in [7, 11) is 1.61. The second kappa shape index (κ2) is 7.19. The van der Waals surface area contributed by atoms with Crippen LogP contribution in [0.25, 0.3) is 0 Å². The van der Waals surface area contributed by atoms with Gasteiger partial charge in [-0.2, -0.15) is 10.2 Å². The van der Waals surface area contributed by atoms with Crippen LogP contribution in [-0.2, 0) is 4.74 Å². The number of carbonyl (C=O) groups is 1. The second-order valence-corrected chi connectivity index (χ2v) is 4.17. The largest absolute Gasteiger partial charge is 0.497 e. The van der Waals surface area contributed by atoms with Crippen LogP contribution < -0.4 is 4.74 Å². The van der Waals surface area contributed by atoms with Gasteiger partial charge in [-0.1, -0.05) is 0 Å². The SMILES string of the molecule is CCOC(=O)c1ccc(N=Nc2ccc(OC)cc2)cc1. The normalized spacial score (nSPS) is 10.6. The number of hydrogen-bond donors (Lipinski definition) is 0. The minimum atomic E-state index is -0.337. The zero-order valence-electron chi connectivity index (χ0n) is 11.9. The zero-order valence-corrected chi connectivity index (χ0v) is 11.9. The Bertz CT molecular complexity index is 619. The molecule has 0 saturated carbocycles. The molecule has 2 aromatic rings. The van der Waals surface area contributed by atoms with E-state index < -0.39 is 0 Å². The highest BCUT2D eigenvalue weighted by molar-refractivity contribution is 5.89. The summed E-state index contributed by atoms with van der Waals surface area (Å²) in [6.07, 6.45) is 0. The van der Waals surface area contributed by atoms with Crippen molar-refractivity contribution in [2.24, 2.45) is 10.2 Å². The van der Waals surface area contributed by atoms with Gasteiger partial charge in [-0.15, -0.1) is 0 Å². The Hall–Kier alpha value is -2.69. The number of nitrogens with zero attached hydrogens (tertiary/aromatic N) is 2. The van der Waals surface area contributed by atoms with Crippen molar-refractivity contribution in [1.82, 2.24) is 0 Å². The molecule has 0 bridgehead atoms. The molecule has 0 fully saturated rings. The monoisotopic (exact) mass is 284 g/mol. The standard InChI is InChI=1S/C16H16N2O3/c1-3-21-16(19)12-4-6-13(7-5-12)17-18-14-8-10-15(20-2)11-9-14/h4-11H,3H2,1-2H3. The third kappa shape index (κ3) is 4.14. The molecule has 0 atom stereocenters. The first-order valence-electron chi connectivity index (χ1n) is 6.56. The fourth-order valence-corrected chi connectivity index (χ4v) is 1.64. The predicted octanol–water partition coefficient (Wildman–Crippen LogP) is 4.29. The number of rotatable bonds is 5. The van der Waals surface area contributed by atoms with Gasteiger partial charge in [-0.05, 0) is 55.5 Å². The maximum Gasteiger partial charge on any atom is 0.338 e. The maximum absolute atomic E-state index is 11.5. The van der Waals surface area contributed by atoms with E-state index in [1.807, 2.05) is 24.3 Å². The van der Waals surface area contributed by atoms with E-state index in [0.717, 1.165) is 11.4 Å². The second-order valence-electron chi connectivity index (χ2n) is 4.17. The van der Waals surface area contributed by atoms with Crippen molar-refractivity contribution in [2.75, 3.05) is 13.7 Å². The van der Waals surface area contributed by atoms with Crippen LogP contribution in [0.4, 0.5) is 11.4 Å². The lowest BCUT2D eigenvalue weighted by atomic mass is 10.2. The van der Waals surface area contributed by atoms with Crippen LogP contribution in [0.2, 0.25) is 0 Å². The van der Waals surface area contributed by atoms with Crippen LogP contribution in [0.1, 0.15) is 17.3 Å². The lowest BCUT2D eigenvalue weighted by Gasteiger charge is -2.01. The lowest BCUT2D eigenvalue weighted by molar-refractivity contribution is 0.0526. The molecule has 0 amide bonds. The molecule has 21 heavy (non-hydrogen) atoms. The van der Waals surface area contributed by atoms with Gasteiger partial charge >= 0.3 is 5.97 Å². The van der Waals surface area contributed by atoms with E-state index in [2.05, 4.69) is 10.2 Å². The molecule has 2 aromatic carbocycles. The number of azo groups is 1. The topological polar surface area (TPSA) is 60.2 Å². The average molecular weight is 284 g/mol. The first kappa shape index (κ1) is 14.7. The van der Waals surface area contributed by atoms with E-state index in [0.29, 0.717) is 17.9 Å². The Kier molecular flexibility index (Phi) is 5.04. The molecule has 0 radical (unpaired) electrons. The highest BCUT2D eigenvalue weighted by Gasteiger charge is 2.05. The molecular formula is C16H16N2O3. The highest BCUT2D eigenvalue weighted by Crippen LogP contribution is 2.21. The molecule has 5 heteroatoms. The van der Waals surface area contributed by atoms with Crippen molar-refractivity contribution in [1.29, 1.82) is 0 Å². The van der Waals surface area contributed by atoms with E-state index in [-0.39, 0.29) is 5.97 Å². The van der Waals surface area contributed by atoms with Gasteiger partial charge < -0.3 is 9.47 Å². The Balaban J connectivity index is 2.05. The minimum Gasteiger partial charge on any atom is -0.497 e. The van der Waals surface area contributed by atoms with Gasteiger partial charge in [0.15, 0.2) is 0 Å². The Labute approximate surface area is 123 Å². The van der Waals surface area contributed by atoms with Crippen LogP contribution >= 0.6 is 0 Å². The van der Waals surface area contributed by atoms with E-state index >= 15 is 0 Å². The van der Waals surface area contributed by atoms with Gasteiger partial charge in [0.2, 0.25) is 0 Å². The number of methoxy groups -OCH3 is 1. The average Bonchev–Trinajstić information content (AvgIpc) is 2.54. The smallest absolute Gasteiger partial charge is 0.338 e. The maximum atomic E-state index is 11.5. The first-order valence-corrected chi connectivity index (χ1v) is 6.56. The minimum absolute atomic E-state index is 0.337. The van der Waals surface area contributed by atoms with Crippen molar-refractivity contribution < 1.29 is 14.3 Å². The van der Waals surface area contributed by atoms with Crippen LogP contribution in [0.3, 0.4) is 0 Å². The number of ether oxygens (including phenoxy) is 2. The summed E-state index contributed by atoms with van der Waals surface area (Å²) < 4.78 is 9.99. The van der Waals surface area contributed by atoms with Gasteiger partial charge in [0.05, 0.1) is 30.7 Å². The van der Waals surface area contributed by atoms with Crippen molar-refractivity contribution in [3.05, 3.63) is 54.1 Å². The first-order chi connectivity index (χ1) is 10.2. The third-order valence-corrected chi connectivity index (χ3v) is 2.73. The van der Waals surface area contributed by atoms with Crippen molar-refractivity contribution in [3.63, 3.8) is 0 Å². The molecule has 0 aliphatic carbocycles. The van der Waals surface area contributed by atoms with E-state index in [9.17, 15) is 4.79 Å². The molecule has 0 aromatic heterocycles. The summed E-state index contributed by atoms with van der Waals surface area (Å²) in [6, 6.07) is 14.0. The van der Waals surface area contributed by atoms with Crippen molar-refractivity contribution in [2.45, 2.75) is 6.92 Å². The van der Waals surface area contributed by atoms with E-state index in [1.54, 1.807) is 38.3 Å². The molecule has 0 unspecified atom stereocenters. The van der Waals surface area contributed by atoms with Crippen LogP contribution in [0.5, 0.6) is 5.75 Å². The Morgan fingerprint density at radius 2 is 1.48 bits per heavy atom. The molecule has 0 spiro atoms. The van der Waals surface area contributed by atoms with Crippen molar-refractivity contribution >= 4 is 17.3 Å². The summed E-state index contributed by atoms with van der Waals surface area (Å²) in [6.45, 7) is 2.13. The molecule has 5 nitrogen and oxygen atoms in total. The summed E-state index contributed by atoms with van der Waals surface area (Å²) in [4.78, 5) is 11.5. The number of hydrogen-bond acceptors (Lipinski definition) is 5. The number of carbonyl (C=O) groups excluding carboxylic acids is 1. The van der Waals surface area contributed by atoms with Gasteiger partial charge in [0.1, 0.15) is 5.75 Å². The lowest BCUT2D eigenvalue weighted by Crippen LogP contribution is -2.03. The summed E-state index contributed by atoms with van der Waals surface area (Å²) in [5.74, 6) is 0.434. The third-order valence-electron chi connectivity index (χ3n) is 2.73. The molecule has 108 valence electrons. The molecule has 2 rings (SSSR count).